The van der Waals surface area contributed by atoms with E-state index in [-0.39, 0.29) is 42.0 Å². The average molecular weight is 574 g/mol. The molecule has 2 amide bonds. The van der Waals surface area contributed by atoms with Crippen LogP contribution in [0, 0.1) is 0 Å². The molecule has 1 aliphatic carbocycles. The van der Waals surface area contributed by atoms with Crippen molar-refractivity contribution in [1.29, 1.82) is 0 Å². The maximum Gasteiger partial charge on any atom is 0.407 e. The van der Waals surface area contributed by atoms with Crippen LogP contribution in [0.2, 0.25) is 0 Å². The fraction of sp³-hybridized carbons (Fsp3) is 0.625. The molecular weight excluding hydrogens is 533 g/mol. The number of carbonyl (C=O) groups is 2. The number of hydrogen-bond acceptors (Lipinski definition) is 4. The van der Waals surface area contributed by atoms with Crippen molar-refractivity contribution in [3.63, 3.8) is 0 Å². The minimum absolute atomic E-state index is 0. The molecule has 1 aromatic rings. The molecule has 0 unspecified atom stereocenters. The van der Waals surface area contributed by atoms with Crippen LogP contribution in [0.15, 0.2) is 29.3 Å². The second-order valence-corrected chi connectivity index (χ2v) is 9.13. The number of alkyl carbamates (subject to hydrolysis) is 1. The number of guanidine groups is 1. The third-order valence-electron chi connectivity index (χ3n) is 5.22. The van der Waals surface area contributed by atoms with Crippen LogP contribution >= 0.6 is 24.0 Å². The van der Waals surface area contributed by atoms with Gasteiger partial charge in [-0.2, -0.15) is 0 Å². The zero-order chi connectivity index (χ0) is 23.6. The van der Waals surface area contributed by atoms with Crippen LogP contribution in [0.5, 0.6) is 0 Å². The minimum Gasteiger partial charge on any atom is -0.444 e. The van der Waals surface area contributed by atoms with Gasteiger partial charge in [0.05, 0.1) is 0 Å². The molecule has 0 saturated heterocycles. The Morgan fingerprint density at radius 1 is 1.09 bits per heavy atom. The fourth-order valence-electron chi connectivity index (χ4n) is 3.68. The molecule has 1 saturated carbocycles. The lowest BCUT2D eigenvalue weighted by molar-refractivity contribution is 0.0490. The van der Waals surface area contributed by atoms with Gasteiger partial charge in [-0.25, -0.2) is 4.79 Å². The van der Waals surface area contributed by atoms with Gasteiger partial charge in [0.2, 0.25) is 0 Å². The van der Waals surface area contributed by atoms with Gasteiger partial charge >= 0.3 is 6.09 Å². The summed E-state index contributed by atoms with van der Waals surface area (Å²) in [5.41, 5.74) is 1.26. The monoisotopic (exact) mass is 573 g/mol. The maximum atomic E-state index is 12.0. The Balaban J connectivity index is 0.00000544. The first-order chi connectivity index (χ1) is 15.2. The molecule has 9 heteroatoms. The molecule has 33 heavy (non-hydrogen) atoms. The number of carbonyl (C=O) groups excluding carboxylic acids is 2. The number of aliphatic imine (C=N–C) groups is 1. The molecular formula is C24H40IN5O3. The summed E-state index contributed by atoms with van der Waals surface area (Å²) in [4.78, 5) is 28.5. The summed E-state index contributed by atoms with van der Waals surface area (Å²) in [6.45, 7) is 9.07. The molecule has 186 valence electrons. The molecule has 0 atom stereocenters. The Labute approximate surface area is 215 Å². The zero-order valence-corrected chi connectivity index (χ0v) is 22.8. The molecule has 0 radical (unpaired) electrons. The standard InChI is InChI=1S/C24H39N5O3.HI/c1-6-26-22(27-15-14-17-8-7-9-18(16-17)21(30)25-5)28-19-10-12-20(13-11-19)29-23(31)32-24(2,3)4;/h7-9,16,19-20H,6,10-15H2,1-5H3,(H,25,30)(H,29,31)(H2,26,27,28);1H. The third kappa shape index (κ3) is 11.1. The number of nitrogens with one attached hydrogen (secondary N) is 4. The number of halogens is 1. The van der Waals surface area contributed by atoms with Crippen LogP contribution in [0.1, 0.15) is 69.3 Å². The number of nitrogens with zero attached hydrogens (tertiary/aromatic N) is 1. The first-order valence-corrected chi connectivity index (χ1v) is 11.6. The topological polar surface area (TPSA) is 104 Å². The minimum atomic E-state index is -0.482. The van der Waals surface area contributed by atoms with Crippen molar-refractivity contribution >= 4 is 41.9 Å². The maximum absolute atomic E-state index is 12.0. The van der Waals surface area contributed by atoms with Gasteiger partial charge in [-0.1, -0.05) is 12.1 Å². The summed E-state index contributed by atoms with van der Waals surface area (Å²) >= 11 is 0. The molecule has 1 fully saturated rings. The quantitative estimate of drug-likeness (QED) is 0.227. The Kier molecular flexibility index (Phi) is 12.5. The molecule has 1 aromatic carbocycles. The van der Waals surface area contributed by atoms with E-state index in [1.54, 1.807) is 7.05 Å². The Morgan fingerprint density at radius 3 is 2.30 bits per heavy atom. The molecule has 8 nitrogen and oxygen atoms in total. The molecule has 0 bridgehead atoms. The lowest BCUT2D eigenvalue weighted by Crippen LogP contribution is -2.48. The van der Waals surface area contributed by atoms with Crippen molar-refractivity contribution in [2.45, 2.75) is 77.5 Å². The summed E-state index contributed by atoms with van der Waals surface area (Å²) in [5.74, 6) is 0.723. The normalized spacial score (nSPS) is 18.5. The Morgan fingerprint density at radius 2 is 1.73 bits per heavy atom. The van der Waals surface area contributed by atoms with E-state index >= 15 is 0 Å². The van der Waals surface area contributed by atoms with Gasteiger partial charge in [-0.3, -0.25) is 9.79 Å². The van der Waals surface area contributed by atoms with Crippen molar-refractivity contribution in [1.82, 2.24) is 21.3 Å². The van der Waals surface area contributed by atoms with E-state index in [1.807, 2.05) is 52.0 Å². The van der Waals surface area contributed by atoms with Crippen molar-refractivity contribution in [2.75, 3.05) is 20.1 Å². The van der Waals surface area contributed by atoms with Gasteiger partial charge < -0.3 is 26.0 Å². The van der Waals surface area contributed by atoms with E-state index in [9.17, 15) is 9.59 Å². The third-order valence-corrected chi connectivity index (χ3v) is 5.22. The smallest absolute Gasteiger partial charge is 0.407 e. The van der Waals surface area contributed by atoms with Gasteiger partial charge in [0, 0.05) is 37.8 Å². The van der Waals surface area contributed by atoms with E-state index < -0.39 is 5.60 Å². The highest BCUT2D eigenvalue weighted by Crippen LogP contribution is 2.19. The molecule has 2 rings (SSSR count). The van der Waals surface area contributed by atoms with E-state index in [4.69, 9.17) is 9.73 Å². The largest absolute Gasteiger partial charge is 0.444 e. The SMILES string of the molecule is CCNC(=NCCc1cccc(C(=O)NC)c1)NC1CCC(NC(=O)OC(C)(C)C)CC1.I. The number of hydrogen-bond donors (Lipinski definition) is 4. The first-order valence-electron chi connectivity index (χ1n) is 11.6. The highest BCUT2D eigenvalue weighted by atomic mass is 127. The predicted molar refractivity (Wildman–Crippen MR) is 143 cm³/mol. The summed E-state index contributed by atoms with van der Waals surface area (Å²) in [7, 11) is 1.63. The molecule has 0 aromatic heterocycles. The number of ether oxygens (including phenoxy) is 1. The van der Waals surface area contributed by atoms with Gasteiger partial charge in [0.15, 0.2) is 5.96 Å². The van der Waals surface area contributed by atoms with Crippen LogP contribution < -0.4 is 21.3 Å². The molecule has 1 aliphatic rings. The van der Waals surface area contributed by atoms with Gasteiger partial charge in [0.25, 0.3) is 5.91 Å². The van der Waals surface area contributed by atoms with Gasteiger partial charge in [0.1, 0.15) is 5.60 Å². The van der Waals surface area contributed by atoms with E-state index in [1.165, 1.54) is 0 Å². The molecule has 0 aliphatic heterocycles. The summed E-state index contributed by atoms with van der Waals surface area (Å²) in [6, 6.07) is 8.10. The second kappa shape index (κ2) is 14.3. The van der Waals surface area contributed by atoms with Crippen LogP contribution in [0.25, 0.3) is 0 Å². The van der Waals surface area contributed by atoms with Crippen LogP contribution in [0.4, 0.5) is 4.79 Å². The second-order valence-electron chi connectivity index (χ2n) is 9.13. The summed E-state index contributed by atoms with van der Waals surface area (Å²) in [6.07, 6.45) is 4.14. The molecule has 4 N–H and O–H groups in total. The van der Waals surface area contributed by atoms with E-state index in [0.29, 0.717) is 18.2 Å². The highest BCUT2D eigenvalue weighted by molar-refractivity contribution is 14.0. The number of amides is 2. The first kappa shape index (κ1) is 29.0. The predicted octanol–water partition coefficient (Wildman–Crippen LogP) is 3.60. The van der Waals surface area contributed by atoms with Crippen molar-refractivity contribution < 1.29 is 14.3 Å². The van der Waals surface area contributed by atoms with Crippen molar-refractivity contribution in [3.05, 3.63) is 35.4 Å². The Bertz CT molecular complexity index is 787. The van der Waals surface area contributed by atoms with Crippen molar-refractivity contribution in [3.8, 4) is 0 Å². The Hall–Kier alpha value is -2.04. The lowest BCUT2D eigenvalue weighted by Gasteiger charge is -2.31. The zero-order valence-electron chi connectivity index (χ0n) is 20.5. The number of rotatable bonds is 7. The summed E-state index contributed by atoms with van der Waals surface area (Å²) < 4.78 is 5.35. The van der Waals surface area contributed by atoms with Crippen molar-refractivity contribution in [2.24, 2.45) is 4.99 Å². The van der Waals surface area contributed by atoms with Crippen LogP contribution in [-0.2, 0) is 11.2 Å². The van der Waals surface area contributed by atoms with Gasteiger partial charge in [-0.05, 0) is 77.5 Å². The fourth-order valence-corrected chi connectivity index (χ4v) is 3.68. The lowest BCUT2D eigenvalue weighted by atomic mass is 9.91. The average Bonchev–Trinajstić information content (AvgIpc) is 2.73. The highest BCUT2D eigenvalue weighted by Gasteiger charge is 2.25. The van der Waals surface area contributed by atoms with E-state index in [2.05, 4.69) is 21.3 Å². The summed E-state index contributed by atoms with van der Waals surface area (Å²) in [5, 5.41) is 12.5. The molecule has 0 spiro atoms. The van der Waals surface area contributed by atoms with E-state index in [0.717, 1.165) is 50.2 Å². The number of benzene rings is 1. The van der Waals surface area contributed by atoms with Crippen LogP contribution in [0.3, 0.4) is 0 Å². The van der Waals surface area contributed by atoms with Gasteiger partial charge in [-0.15, -0.1) is 24.0 Å². The molecule has 0 heterocycles. The van der Waals surface area contributed by atoms with Crippen LogP contribution in [-0.4, -0.2) is 55.8 Å².